The number of amidine groups is 1. The molecule has 0 atom stereocenters. The second-order valence-electron chi connectivity index (χ2n) is 5.31. The second-order valence-corrected chi connectivity index (χ2v) is 6.57. The maximum atomic E-state index is 12.7. The highest BCUT2D eigenvalue weighted by molar-refractivity contribution is 7.14. The van der Waals surface area contributed by atoms with E-state index >= 15 is 0 Å². The standard InChI is InChI=1S/C14H21N3O2S/c1-9-7-12(20-10(9)2)14(18)17(8-13(15)16-19)11-5-3-4-6-11/h7,11,19H,3-6,8H2,1-2H3,(H2,15,16). The van der Waals surface area contributed by atoms with Crippen molar-refractivity contribution < 1.29 is 10.0 Å². The Hall–Kier alpha value is -1.56. The third-order valence-corrected chi connectivity index (χ3v) is 5.00. The lowest BCUT2D eigenvalue weighted by Crippen LogP contribution is -2.44. The van der Waals surface area contributed by atoms with Gasteiger partial charge in [-0.25, -0.2) is 0 Å². The Morgan fingerprint density at radius 2 is 2.15 bits per heavy atom. The van der Waals surface area contributed by atoms with Crippen LogP contribution in [0.15, 0.2) is 11.2 Å². The van der Waals surface area contributed by atoms with Gasteiger partial charge in [-0.15, -0.1) is 11.3 Å². The zero-order valence-electron chi connectivity index (χ0n) is 11.9. The molecule has 20 heavy (non-hydrogen) atoms. The first kappa shape index (κ1) is 14.8. The van der Waals surface area contributed by atoms with E-state index in [0.29, 0.717) is 0 Å². The van der Waals surface area contributed by atoms with Gasteiger partial charge in [0.2, 0.25) is 0 Å². The molecule has 1 amide bonds. The molecule has 110 valence electrons. The molecule has 0 aliphatic heterocycles. The second kappa shape index (κ2) is 6.26. The molecule has 1 aromatic heterocycles. The number of nitrogens with zero attached hydrogens (tertiary/aromatic N) is 2. The van der Waals surface area contributed by atoms with Crippen LogP contribution in [0.25, 0.3) is 0 Å². The minimum atomic E-state index is -0.00954. The van der Waals surface area contributed by atoms with Gasteiger partial charge >= 0.3 is 0 Å². The van der Waals surface area contributed by atoms with E-state index in [2.05, 4.69) is 5.16 Å². The number of carbonyl (C=O) groups is 1. The normalized spacial score (nSPS) is 16.6. The summed E-state index contributed by atoms with van der Waals surface area (Å²) >= 11 is 1.51. The summed E-state index contributed by atoms with van der Waals surface area (Å²) in [6.07, 6.45) is 4.25. The largest absolute Gasteiger partial charge is 0.409 e. The zero-order valence-corrected chi connectivity index (χ0v) is 12.7. The third-order valence-electron chi connectivity index (χ3n) is 3.86. The number of hydrogen-bond donors (Lipinski definition) is 2. The minimum Gasteiger partial charge on any atom is -0.409 e. The molecule has 0 spiro atoms. The summed E-state index contributed by atoms with van der Waals surface area (Å²) in [6.45, 7) is 4.21. The molecule has 6 heteroatoms. The van der Waals surface area contributed by atoms with Gasteiger partial charge in [-0.1, -0.05) is 18.0 Å². The van der Waals surface area contributed by atoms with Gasteiger partial charge in [0.25, 0.3) is 5.91 Å². The lowest BCUT2D eigenvalue weighted by atomic mass is 10.2. The average Bonchev–Trinajstić information content (AvgIpc) is 3.06. The SMILES string of the molecule is Cc1cc(C(=O)N(CC(N)=NO)C2CCCC2)sc1C. The van der Waals surface area contributed by atoms with Gasteiger partial charge in [0, 0.05) is 10.9 Å². The summed E-state index contributed by atoms with van der Waals surface area (Å²) < 4.78 is 0. The number of amides is 1. The fourth-order valence-corrected chi connectivity index (χ4v) is 3.60. The summed E-state index contributed by atoms with van der Waals surface area (Å²) in [4.78, 5) is 16.3. The van der Waals surface area contributed by atoms with Crippen molar-refractivity contribution in [3.63, 3.8) is 0 Å². The quantitative estimate of drug-likeness (QED) is 0.388. The predicted octanol–water partition coefficient (Wildman–Crippen LogP) is 2.50. The van der Waals surface area contributed by atoms with E-state index in [1.165, 1.54) is 11.3 Å². The molecule has 0 unspecified atom stereocenters. The van der Waals surface area contributed by atoms with Gasteiger partial charge in [0.1, 0.15) is 0 Å². The molecular formula is C14H21N3O2S. The molecule has 0 radical (unpaired) electrons. The molecule has 1 saturated carbocycles. The molecule has 1 aliphatic carbocycles. The van der Waals surface area contributed by atoms with Crippen molar-refractivity contribution in [1.29, 1.82) is 0 Å². The van der Waals surface area contributed by atoms with Crippen LogP contribution in [0, 0.1) is 13.8 Å². The molecular weight excluding hydrogens is 274 g/mol. The summed E-state index contributed by atoms with van der Waals surface area (Å²) in [5.41, 5.74) is 6.73. The van der Waals surface area contributed by atoms with Crippen LogP contribution in [0.2, 0.25) is 0 Å². The third kappa shape index (κ3) is 3.12. The fourth-order valence-electron chi connectivity index (χ4n) is 2.61. The number of carbonyl (C=O) groups excluding carboxylic acids is 1. The number of hydrogen-bond acceptors (Lipinski definition) is 4. The van der Waals surface area contributed by atoms with E-state index in [1.807, 2.05) is 19.9 Å². The molecule has 2 rings (SSSR count). The Morgan fingerprint density at radius 3 is 2.65 bits per heavy atom. The van der Waals surface area contributed by atoms with Crippen LogP contribution < -0.4 is 5.73 Å². The number of rotatable bonds is 4. The van der Waals surface area contributed by atoms with E-state index in [-0.39, 0.29) is 24.3 Å². The molecule has 0 saturated heterocycles. The van der Waals surface area contributed by atoms with Crippen molar-refractivity contribution in [1.82, 2.24) is 4.90 Å². The van der Waals surface area contributed by atoms with Crippen molar-refractivity contribution in [3.8, 4) is 0 Å². The monoisotopic (exact) mass is 295 g/mol. The smallest absolute Gasteiger partial charge is 0.264 e. The van der Waals surface area contributed by atoms with Gasteiger partial charge in [-0.3, -0.25) is 4.79 Å². The maximum Gasteiger partial charge on any atom is 0.264 e. The highest BCUT2D eigenvalue weighted by Crippen LogP contribution is 2.27. The summed E-state index contributed by atoms with van der Waals surface area (Å²) in [5.74, 6) is 0.0694. The van der Waals surface area contributed by atoms with E-state index in [0.717, 1.165) is 41.0 Å². The maximum absolute atomic E-state index is 12.7. The van der Waals surface area contributed by atoms with Crippen molar-refractivity contribution in [2.24, 2.45) is 10.9 Å². The Labute approximate surface area is 123 Å². The number of oxime groups is 1. The Balaban J connectivity index is 2.22. The van der Waals surface area contributed by atoms with Crippen LogP contribution in [0.3, 0.4) is 0 Å². The van der Waals surface area contributed by atoms with Crippen molar-refractivity contribution >= 4 is 23.1 Å². The minimum absolute atomic E-state index is 0.00954. The summed E-state index contributed by atoms with van der Waals surface area (Å²) in [7, 11) is 0. The average molecular weight is 295 g/mol. The highest BCUT2D eigenvalue weighted by atomic mass is 32.1. The predicted molar refractivity (Wildman–Crippen MR) is 80.5 cm³/mol. The van der Waals surface area contributed by atoms with Gasteiger partial charge in [0.15, 0.2) is 5.84 Å². The van der Waals surface area contributed by atoms with Crippen molar-refractivity contribution in [2.45, 2.75) is 45.6 Å². The van der Waals surface area contributed by atoms with E-state index in [4.69, 9.17) is 10.9 Å². The van der Waals surface area contributed by atoms with Gasteiger partial charge in [-0.2, -0.15) is 0 Å². The number of aryl methyl sites for hydroxylation is 2. The first-order chi connectivity index (χ1) is 9.52. The molecule has 0 aromatic carbocycles. The lowest BCUT2D eigenvalue weighted by Gasteiger charge is -2.28. The molecule has 1 aliphatic rings. The first-order valence-electron chi connectivity index (χ1n) is 6.87. The molecule has 1 aromatic rings. The Bertz CT molecular complexity index is 499. The lowest BCUT2D eigenvalue weighted by molar-refractivity contribution is 0.0717. The van der Waals surface area contributed by atoms with E-state index in [9.17, 15) is 4.79 Å². The van der Waals surface area contributed by atoms with Gasteiger partial charge in [-0.05, 0) is 38.3 Å². The molecule has 3 N–H and O–H groups in total. The molecule has 0 bridgehead atoms. The van der Waals surface area contributed by atoms with Crippen molar-refractivity contribution in [3.05, 3.63) is 21.4 Å². The van der Waals surface area contributed by atoms with Crippen LogP contribution >= 0.6 is 11.3 Å². The van der Waals surface area contributed by atoms with Crippen LogP contribution in [-0.2, 0) is 0 Å². The molecule has 5 nitrogen and oxygen atoms in total. The van der Waals surface area contributed by atoms with Crippen LogP contribution in [-0.4, -0.2) is 34.4 Å². The summed E-state index contributed by atoms with van der Waals surface area (Å²) in [6, 6.07) is 2.13. The topological polar surface area (TPSA) is 78.9 Å². The number of nitrogens with two attached hydrogens (primary N) is 1. The first-order valence-corrected chi connectivity index (χ1v) is 7.69. The van der Waals surface area contributed by atoms with Crippen molar-refractivity contribution in [2.75, 3.05) is 6.54 Å². The summed E-state index contributed by atoms with van der Waals surface area (Å²) in [5, 5.41) is 11.8. The van der Waals surface area contributed by atoms with E-state index in [1.54, 1.807) is 4.90 Å². The molecule has 1 heterocycles. The van der Waals surface area contributed by atoms with Crippen LogP contribution in [0.5, 0.6) is 0 Å². The highest BCUT2D eigenvalue weighted by Gasteiger charge is 2.29. The zero-order chi connectivity index (χ0) is 14.7. The fraction of sp³-hybridized carbons (Fsp3) is 0.571. The Morgan fingerprint density at radius 1 is 1.50 bits per heavy atom. The Kier molecular flexibility index (Phi) is 4.65. The van der Waals surface area contributed by atoms with Gasteiger partial charge < -0.3 is 15.8 Å². The van der Waals surface area contributed by atoms with Crippen LogP contribution in [0.1, 0.15) is 45.8 Å². The number of thiophene rings is 1. The molecule has 1 fully saturated rings. The van der Waals surface area contributed by atoms with E-state index < -0.39 is 0 Å². The van der Waals surface area contributed by atoms with Gasteiger partial charge in [0.05, 0.1) is 11.4 Å². The van der Waals surface area contributed by atoms with Crippen LogP contribution in [0.4, 0.5) is 0 Å².